The van der Waals surface area contributed by atoms with Crippen molar-refractivity contribution in [3.63, 3.8) is 0 Å². The number of nitriles is 1. The highest BCUT2D eigenvalue weighted by atomic mass is 15.1. The van der Waals surface area contributed by atoms with Crippen LogP contribution < -0.4 is 5.73 Å². The number of nitrogens with zero attached hydrogens (tertiary/aromatic N) is 3. The Kier molecular flexibility index (Phi) is 2.14. The van der Waals surface area contributed by atoms with E-state index >= 15 is 0 Å². The van der Waals surface area contributed by atoms with Crippen molar-refractivity contribution < 1.29 is 0 Å². The summed E-state index contributed by atoms with van der Waals surface area (Å²) in [4.78, 5) is 4.22. The van der Waals surface area contributed by atoms with Gasteiger partial charge in [0.25, 0.3) is 0 Å². The topological polar surface area (TPSA) is 67.6 Å². The molecule has 0 amide bonds. The van der Waals surface area contributed by atoms with Gasteiger partial charge in [0.1, 0.15) is 17.6 Å². The van der Waals surface area contributed by atoms with Crippen molar-refractivity contribution in [3.8, 4) is 11.9 Å². The number of rotatable bonds is 1. The minimum atomic E-state index is 0.547. The van der Waals surface area contributed by atoms with Crippen molar-refractivity contribution >= 4 is 5.69 Å². The Bertz CT molecular complexity index is 534. The van der Waals surface area contributed by atoms with Gasteiger partial charge >= 0.3 is 0 Å². The number of hydrogen-bond acceptors (Lipinski definition) is 3. The molecule has 0 radical (unpaired) electrons. The van der Waals surface area contributed by atoms with Crippen molar-refractivity contribution in [1.29, 1.82) is 5.26 Å². The molecule has 2 aromatic rings. The van der Waals surface area contributed by atoms with Crippen LogP contribution in [0.4, 0.5) is 5.69 Å². The average Bonchev–Trinajstić information content (AvgIpc) is 2.70. The van der Waals surface area contributed by atoms with E-state index in [1.54, 1.807) is 35.2 Å². The Morgan fingerprint density at radius 1 is 1.53 bits per heavy atom. The number of anilines is 1. The number of nitrogen functional groups attached to an aromatic ring is 1. The predicted molar refractivity (Wildman–Crippen MR) is 57.4 cm³/mol. The molecular weight excluding hydrogens is 188 g/mol. The second-order valence-corrected chi connectivity index (χ2v) is 3.27. The standard InChI is InChI=1S/C11H10N4/c1-8-7-14-11(5-10(8)13)15-4-2-3-9(15)6-12/h2-5,7H,1H3,(H2,13,14). The lowest BCUT2D eigenvalue weighted by molar-refractivity contribution is 0.985. The summed E-state index contributed by atoms with van der Waals surface area (Å²) < 4.78 is 1.70. The molecule has 2 rings (SSSR count). The van der Waals surface area contributed by atoms with Crippen molar-refractivity contribution in [2.75, 3.05) is 5.73 Å². The molecule has 15 heavy (non-hydrogen) atoms. The van der Waals surface area contributed by atoms with Gasteiger partial charge in [0.05, 0.1) is 0 Å². The molecule has 0 aliphatic heterocycles. The molecular formula is C11H10N4. The van der Waals surface area contributed by atoms with E-state index < -0.39 is 0 Å². The number of nitrogens with two attached hydrogens (primary N) is 1. The predicted octanol–water partition coefficient (Wildman–Crippen LogP) is 1.63. The first-order valence-electron chi connectivity index (χ1n) is 4.52. The van der Waals surface area contributed by atoms with Crippen LogP contribution in [0.2, 0.25) is 0 Å². The maximum Gasteiger partial charge on any atom is 0.139 e. The Hall–Kier alpha value is -2.28. The fraction of sp³-hybridized carbons (Fsp3) is 0.0909. The van der Waals surface area contributed by atoms with Crippen LogP contribution >= 0.6 is 0 Å². The third kappa shape index (κ3) is 1.55. The molecule has 0 saturated heterocycles. The summed E-state index contributed by atoms with van der Waals surface area (Å²) in [5.41, 5.74) is 7.94. The average molecular weight is 198 g/mol. The molecule has 0 bridgehead atoms. The smallest absolute Gasteiger partial charge is 0.139 e. The lowest BCUT2D eigenvalue weighted by Crippen LogP contribution is -2.01. The zero-order valence-electron chi connectivity index (χ0n) is 8.31. The molecule has 0 aliphatic rings. The van der Waals surface area contributed by atoms with Gasteiger partial charge in [0.2, 0.25) is 0 Å². The number of aromatic nitrogens is 2. The van der Waals surface area contributed by atoms with Gasteiger partial charge in [-0.2, -0.15) is 5.26 Å². The Morgan fingerprint density at radius 2 is 2.33 bits per heavy atom. The van der Waals surface area contributed by atoms with Gasteiger partial charge in [-0.25, -0.2) is 4.98 Å². The summed E-state index contributed by atoms with van der Waals surface area (Å²) in [5.74, 6) is 0.666. The van der Waals surface area contributed by atoms with Crippen LogP contribution in [0.5, 0.6) is 0 Å². The summed E-state index contributed by atoms with van der Waals surface area (Å²) in [6.07, 6.45) is 3.49. The van der Waals surface area contributed by atoms with Gasteiger partial charge in [-0.3, -0.25) is 4.57 Å². The summed E-state index contributed by atoms with van der Waals surface area (Å²) in [5, 5.41) is 8.86. The zero-order valence-corrected chi connectivity index (χ0v) is 8.31. The molecule has 0 aromatic carbocycles. The van der Waals surface area contributed by atoms with Crippen LogP contribution in [0.15, 0.2) is 30.6 Å². The first-order valence-corrected chi connectivity index (χ1v) is 4.52. The van der Waals surface area contributed by atoms with Crippen LogP contribution in [0, 0.1) is 18.3 Å². The molecule has 74 valence electrons. The molecule has 4 nitrogen and oxygen atoms in total. The van der Waals surface area contributed by atoms with Crippen molar-refractivity contribution in [2.24, 2.45) is 0 Å². The monoisotopic (exact) mass is 198 g/mol. The molecule has 0 atom stereocenters. The molecule has 0 unspecified atom stereocenters. The van der Waals surface area contributed by atoms with Gasteiger partial charge in [0, 0.05) is 24.1 Å². The fourth-order valence-corrected chi connectivity index (χ4v) is 1.33. The maximum atomic E-state index is 8.86. The largest absolute Gasteiger partial charge is 0.398 e. The Labute approximate surface area is 87.6 Å². The van der Waals surface area contributed by atoms with E-state index in [0.717, 1.165) is 5.56 Å². The number of hydrogen-bond donors (Lipinski definition) is 1. The van der Waals surface area contributed by atoms with E-state index in [4.69, 9.17) is 11.0 Å². The zero-order chi connectivity index (χ0) is 10.8. The lowest BCUT2D eigenvalue weighted by atomic mass is 10.2. The Morgan fingerprint density at radius 3 is 3.00 bits per heavy atom. The highest BCUT2D eigenvalue weighted by Crippen LogP contribution is 2.15. The Balaban J connectivity index is 2.56. The molecule has 0 aliphatic carbocycles. The van der Waals surface area contributed by atoms with Crippen LogP contribution in [0.3, 0.4) is 0 Å². The van der Waals surface area contributed by atoms with E-state index in [9.17, 15) is 0 Å². The van der Waals surface area contributed by atoms with Crippen LogP contribution in [0.1, 0.15) is 11.3 Å². The van der Waals surface area contributed by atoms with Crippen molar-refractivity contribution in [3.05, 3.63) is 41.9 Å². The fourth-order valence-electron chi connectivity index (χ4n) is 1.33. The number of pyridine rings is 1. The van der Waals surface area contributed by atoms with Gasteiger partial charge < -0.3 is 5.73 Å². The molecule has 0 spiro atoms. The van der Waals surface area contributed by atoms with Gasteiger partial charge in [-0.15, -0.1) is 0 Å². The quantitative estimate of drug-likeness (QED) is 0.757. The SMILES string of the molecule is Cc1cnc(-n2cccc2C#N)cc1N. The van der Waals surface area contributed by atoms with E-state index in [2.05, 4.69) is 11.1 Å². The van der Waals surface area contributed by atoms with Crippen LogP contribution in [-0.4, -0.2) is 9.55 Å². The van der Waals surface area contributed by atoms with Gasteiger partial charge in [0.15, 0.2) is 0 Å². The molecule has 4 heteroatoms. The minimum Gasteiger partial charge on any atom is -0.398 e. The van der Waals surface area contributed by atoms with Crippen LogP contribution in [-0.2, 0) is 0 Å². The normalized spacial score (nSPS) is 9.87. The highest BCUT2D eigenvalue weighted by molar-refractivity contribution is 5.50. The highest BCUT2D eigenvalue weighted by Gasteiger charge is 2.04. The van der Waals surface area contributed by atoms with Crippen molar-refractivity contribution in [2.45, 2.75) is 6.92 Å². The minimum absolute atomic E-state index is 0.547. The van der Waals surface area contributed by atoms with Crippen LogP contribution in [0.25, 0.3) is 5.82 Å². The van der Waals surface area contributed by atoms with Gasteiger partial charge in [-0.05, 0) is 24.6 Å². The first kappa shape index (κ1) is 9.28. The third-order valence-corrected chi connectivity index (χ3v) is 2.24. The molecule has 0 fully saturated rings. The summed E-state index contributed by atoms with van der Waals surface area (Å²) in [6.45, 7) is 1.90. The first-order chi connectivity index (χ1) is 7.22. The summed E-state index contributed by atoms with van der Waals surface area (Å²) in [7, 11) is 0. The summed E-state index contributed by atoms with van der Waals surface area (Å²) >= 11 is 0. The second-order valence-electron chi connectivity index (χ2n) is 3.27. The lowest BCUT2D eigenvalue weighted by Gasteiger charge is -2.05. The van der Waals surface area contributed by atoms with E-state index in [1.807, 2.05) is 6.92 Å². The molecule has 2 aromatic heterocycles. The second kappa shape index (κ2) is 3.46. The number of aryl methyl sites for hydroxylation is 1. The summed E-state index contributed by atoms with van der Waals surface area (Å²) in [6, 6.07) is 7.39. The van der Waals surface area contributed by atoms with E-state index in [0.29, 0.717) is 17.2 Å². The van der Waals surface area contributed by atoms with Gasteiger partial charge in [-0.1, -0.05) is 0 Å². The van der Waals surface area contributed by atoms with E-state index in [1.165, 1.54) is 0 Å². The van der Waals surface area contributed by atoms with Crippen molar-refractivity contribution in [1.82, 2.24) is 9.55 Å². The molecule has 0 saturated carbocycles. The molecule has 2 heterocycles. The van der Waals surface area contributed by atoms with E-state index in [-0.39, 0.29) is 0 Å². The third-order valence-electron chi connectivity index (χ3n) is 2.24. The molecule has 2 N–H and O–H groups in total. The maximum absolute atomic E-state index is 8.86.